The van der Waals surface area contributed by atoms with Crippen molar-refractivity contribution in [2.75, 3.05) is 19.4 Å². The first-order chi connectivity index (χ1) is 6.20. The molecule has 4 nitrogen and oxygen atoms in total. The van der Waals surface area contributed by atoms with Gasteiger partial charge in [-0.1, -0.05) is 6.07 Å². The number of aromatic hydroxyl groups is 1. The second-order valence-electron chi connectivity index (χ2n) is 2.53. The highest BCUT2D eigenvalue weighted by atomic mass is 16.3. The molecule has 13 heavy (non-hydrogen) atoms. The maximum atomic E-state index is 11.2. The van der Waals surface area contributed by atoms with E-state index in [1.54, 1.807) is 25.2 Å². The van der Waals surface area contributed by atoms with Gasteiger partial charge in [-0.2, -0.15) is 0 Å². The van der Waals surface area contributed by atoms with Gasteiger partial charge in [0.15, 0.2) is 5.75 Å². The van der Waals surface area contributed by atoms with Gasteiger partial charge in [0.05, 0.1) is 11.3 Å². The van der Waals surface area contributed by atoms with Crippen molar-refractivity contribution in [1.29, 1.82) is 0 Å². The van der Waals surface area contributed by atoms with Crippen LogP contribution in [-0.4, -0.2) is 25.1 Å². The molecule has 0 heterocycles. The first-order valence-electron chi connectivity index (χ1n) is 3.92. The number of hydrogen-bond donors (Lipinski definition) is 3. The summed E-state index contributed by atoms with van der Waals surface area (Å²) in [4.78, 5) is 11.2. The van der Waals surface area contributed by atoms with E-state index in [2.05, 4.69) is 10.6 Å². The zero-order chi connectivity index (χ0) is 9.84. The highest BCUT2D eigenvalue weighted by Crippen LogP contribution is 2.26. The normalized spacial score (nSPS) is 9.38. The Bertz CT molecular complexity index is 323. The molecule has 70 valence electrons. The lowest BCUT2D eigenvalue weighted by molar-refractivity contribution is 0.0960. The number of rotatable bonds is 2. The standard InChI is InChI=1S/C9H12N2O2/c1-10-7-5-3-4-6(8(7)12)9(13)11-2/h3-5,10,12H,1-2H3,(H,11,13). The second-order valence-corrected chi connectivity index (χ2v) is 2.53. The lowest BCUT2D eigenvalue weighted by atomic mass is 10.1. The first-order valence-corrected chi connectivity index (χ1v) is 3.92. The third-order valence-electron chi connectivity index (χ3n) is 1.78. The Morgan fingerprint density at radius 3 is 2.62 bits per heavy atom. The van der Waals surface area contributed by atoms with Crippen LogP contribution in [0.3, 0.4) is 0 Å². The summed E-state index contributed by atoms with van der Waals surface area (Å²) in [6, 6.07) is 4.97. The molecular formula is C9H12N2O2. The van der Waals surface area contributed by atoms with E-state index < -0.39 is 0 Å². The van der Waals surface area contributed by atoms with Gasteiger partial charge < -0.3 is 15.7 Å². The van der Waals surface area contributed by atoms with Gasteiger partial charge in [-0.05, 0) is 12.1 Å². The number of phenolic OH excluding ortho intramolecular Hbond substituents is 1. The van der Waals surface area contributed by atoms with Crippen LogP contribution in [0, 0.1) is 0 Å². The van der Waals surface area contributed by atoms with Crippen molar-refractivity contribution in [2.24, 2.45) is 0 Å². The molecule has 0 fully saturated rings. The van der Waals surface area contributed by atoms with Crippen LogP contribution in [0.25, 0.3) is 0 Å². The minimum atomic E-state index is -0.297. The van der Waals surface area contributed by atoms with Crippen LogP contribution in [0.5, 0.6) is 5.75 Å². The summed E-state index contributed by atoms with van der Waals surface area (Å²) in [5.74, 6) is -0.320. The van der Waals surface area contributed by atoms with E-state index in [-0.39, 0.29) is 17.2 Å². The molecule has 0 aromatic heterocycles. The van der Waals surface area contributed by atoms with Gasteiger partial charge in [0.1, 0.15) is 0 Å². The van der Waals surface area contributed by atoms with Crippen molar-refractivity contribution in [3.63, 3.8) is 0 Å². The van der Waals surface area contributed by atoms with Gasteiger partial charge in [-0.15, -0.1) is 0 Å². The third-order valence-corrected chi connectivity index (χ3v) is 1.78. The van der Waals surface area contributed by atoms with E-state index in [1.807, 2.05) is 0 Å². The number of nitrogens with one attached hydrogen (secondary N) is 2. The lowest BCUT2D eigenvalue weighted by Crippen LogP contribution is -2.18. The average Bonchev–Trinajstić information content (AvgIpc) is 2.17. The molecule has 4 heteroatoms. The van der Waals surface area contributed by atoms with Crippen molar-refractivity contribution in [2.45, 2.75) is 0 Å². The van der Waals surface area contributed by atoms with Crippen LogP contribution in [-0.2, 0) is 0 Å². The Labute approximate surface area is 76.6 Å². The Balaban J connectivity index is 3.15. The Kier molecular flexibility index (Phi) is 2.74. The van der Waals surface area contributed by atoms with Crippen LogP contribution < -0.4 is 10.6 Å². The fourth-order valence-corrected chi connectivity index (χ4v) is 1.06. The lowest BCUT2D eigenvalue weighted by Gasteiger charge is -2.07. The van der Waals surface area contributed by atoms with Gasteiger partial charge in [0, 0.05) is 14.1 Å². The second kappa shape index (κ2) is 3.80. The zero-order valence-electron chi connectivity index (χ0n) is 7.59. The summed E-state index contributed by atoms with van der Waals surface area (Å²) in [5, 5.41) is 14.8. The smallest absolute Gasteiger partial charge is 0.254 e. The molecule has 0 aliphatic carbocycles. The maximum absolute atomic E-state index is 11.2. The molecular weight excluding hydrogens is 168 g/mol. The van der Waals surface area contributed by atoms with Gasteiger partial charge in [0.25, 0.3) is 5.91 Å². The summed E-state index contributed by atoms with van der Waals surface area (Å²) >= 11 is 0. The molecule has 0 saturated carbocycles. The van der Waals surface area contributed by atoms with Gasteiger partial charge in [-0.3, -0.25) is 4.79 Å². The number of amides is 1. The van der Waals surface area contributed by atoms with Gasteiger partial charge in [-0.25, -0.2) is 0 Å². The van der Waals surface area contributed by atoms with E-state index in [1.165, 1.54) is 7.05 Å². The molecule has 0 aliphatic heterocycles. The number of carbonyl (C=O) groups excluding carboxylic acids is 1. The molecule has 0 radical (unpaired) electrons. The number of phenols is 1. The summed E-state index contributed by atoms with van der Waals surface area (Å²) in [6.07, 6.45) is 0. The molecule has 0 spiro atoms. The monoisotopic (exact) mass is 180 g/mol. The number of anilines is 1. The highest BCUT2D eigenvalue weighted by molar-refractivity contribution is 5.98. The predicted molar refractivity (Wildman–Crippen MR) is 51.0 cm³/mol. The third kappa shape index (κ3) is 1.72. The highest BCUT2D eigenvalue weighted by Gasteiger charge is 2.11. The molecule has 0 unspecified atom stereocenters. The van der Waals surface area contributed by atoms with Crippen molar-refractivity contribution in [3.05, 3.63) is 23.8 Å². The summed E-state index contributed by atoms with van der Waals surface area (Å²) < 4.78 is 0. The number of carbonyl (C=O) groups is 1. The topological polar surface area (TPSA) is 61.4 Å². The minimum absolute atomic E-state index is 0.0237. The molecule has 0 saturated heterocycles. The molecule has 1 rings (SSSR count). The van der Waals surface area contributed by atoms with E-state index >= 15 is 0 Å². The Hall–Kier alpha value is -1.71. The largest absolute Gasteiger partial charge is 0.505 e. The zero-order valence-corrected chi connectivity index (χ0v) is 7.59. The number of benzene rings is 1. The van der Waals surface area contributed by atoms with Crippen molar-refractivity contribution < 1.29 is 9.90 Å². The maximum Gasteiger partial charge on any atom is 0.254 e. The quantitative estimate of drug-likeness (QED) is 0.590. The molecule has 0 atom stereocenters. The van der Waals surface area contributed by atoms with Crippen LogP contribution >= 0.6 is 0 Å². The van der Waals surface area contributed by atoms with Crippen LogP contribution in [0.4, 0.5) is 5.69 Å². The molecule has 0 aliphatic rings. The van der Waals surface area contributed by atoms with Gasteiger partial charge >= 0.3 is 0 Å². The van der Waals surface area contributed by atoms with Crippen molar-refractivity contribution in [1.82, 2.24) is 5.32 Å². The predicted octanol–water partition coefficient (Wildman–Crippen LogP) is 0.793. The van der Waals surface area contributed by atoms with E-state index in [4.69, 9.17) is 0 Å². The summed E-state index contributed by atoms with van der Waals surface area (Å²) in [6.45, 7) is 0. The number of hydrogen-bond acceptors (Lipinski definition) is 3. The summed E-state index contributed by atoms with van der Waals surface area (Å²) in [7, 11) is 3.20. The minimum Gasteiger partial charge on any atom is -0.505 e. The molecule has 1 aromatic carbocycles. The molecule has 0 bridgehead atoms. The SMILES string of the molecule is CNC(=O)c1cccc(NC)c1O. The molecule has 1 amide bonds. The van der Waals surface area contributed by atoms with Gasteiger partial charge in [0.2, 0.25) is 0 Å². The van der Waals surface area contributed by atoms with E-state index in [9.17, 15) is 9.90 Å². The molecule has 3 N–H and O–H groups in total. The van der Waals surface area contributed by atoms with Crippen molar-refractivity contribution in [3.8, 4) is 5.75 Å². The van der Waals surface area contributed by atoms with Crippen molar-refractivity contribution >= 4 is 11.6 Å². The first kappa shape index (κ1) is 9.38. The van der Waals surface area contributed by atoms with Crippen LogP contribution in [0.2, 0.25) is 0 Å². The van der Waals surface area contributed by atoms with E-state index in [0.717, 1.165) is 0 Å². The summed E-state index contributed by atoms with van der Waals surface area (Å²) in [5.41, 5.74) is 0.815. The fraction of sp³-hybridized carbons (Fsp3) is 0.222. The Morgan fingerprint density at radius 1 is 1.38 bits per heavy atom. The fourth-order valence-electron chi connectivity index (χ4n) is 1.06. The van der Waals surface area contributed by atoms with E-state index in [0.29, 0.717) is 5.69 Å². The Morgan fingerprint density at radius 2 is 2.08 bits per heavy atom. The van der Waals surface area contributed by atoms with Crippen LogP contribution in [0.15, 0.2) is 18.2 Å². The molecule has 1 aromatic rings. The number of para-hydroxylation sites is 1. The average molecular weight is 180 g/mol. The van der Waals surface area contributed by atoms with Crippen LogP contribution in [0.1, 0.15) is 10.4 Å².